The quantitative estimate of drug-likeness (QED) is 0.729. The van der Waals surface area contributed by atoms with Crippen molar-refractivity contribution in [3.8, 4) is 17.6 Å². The summed E-state index contributed by atoms with van der Waals surface area (Å²) in [7, 11) is 0. The Balaban J connectivity index is 1.74. The van der Waals surface area contributed by atoms with Crippen LogP contribution in [0.5, 0.6) is 11.5 Å². The van der Waals surface area contributed by atoms with Crippen molar-refractivity contribution in [2.45, 2.75) is 19.9 Å². The van der Waals surface area contributed by atoms with Crippen molar-refractivity contribution >= 4 is 21.8 Å². The van der Waals surface area contributed by atoms with Gasteiger partial charge in [-0.3, -0.25) is 4.79 Å². The molecular weight excluding hydrogens is 384 g/mol. The first-order valence-corrected chi connectivity index (χ1v) is 8.62. The van der Waals surface area contributed by atoms with Crippen LogP contribution in [0.4, 0.5) is 0 Å². The standard InChI is InChI=1S/C19H19BrN2O3/c1-14-5-6-18(17(20)11-14)25-9-7-19(23)22-13-15-3-2-4-16(12-15)24-10-8-21/h2-6,11-12H,7,9-10,13H2,1H3,(H,22,23). The molecule has 2 aromatic rings. The van der Waals surface area contributed by atoms with Crippen molar-refractivity contribution in [2.24, 2.45) is 0 Å². The SMILES string of the molecule is Cc1ccc(OCCC(=O)NCc2cccc(OCC#N)c2)c(Br)c1. The van der Waals surface area contributed by atoms with Gasteiger partial charge in [-0.05, 0) is 58.2 Å². The molecule has 0 heterocycles. The van der Waals surface area contributed by atoms with Gasteiger partial charge in [0.25, 0.3) is 0 Å². The third kappa shape index (κ3) is 6.48. The van der Waals surface area contributed by atoms with Crippen molar-refractivity contribution in [2.75, 3.05) is 13.2 Å². The molecule has 0 saturated carbocycles. The number of nitrogens with one attached hydrogen (secondary N) is 1. The van der Waals surface area contributed by atoms with E-state index in [9.17, 15) is 4.79 Å². The van der Waals surface area contributed by atoms with Gasteiger partial charge in [-0.15, -0.1) is 0 Å². The van der Waals surface area contributed by atoms with Gasteiger partial charge < -0.3 is 14.8 Å². The van der Waals surface area contributed by atoms with Crippen LogP contribution < -0.4 is 14.8 Å². The van der Waals surface area contributed by atoms with Gasteiger partial charge in [-0.25, -0.2) is 0 Å². The Hall–Kier alpha value is -2.52. The highest BCUT2D eigenvalue weighted by atomic mass is 79.9. The summed E-state index contributed by atoms with van der Waals surface area (Å²) in [5, 5.41) is 11.4. The van der Waals surface area contributed by atoms with Crippen molar-refractivity contribution in [1.82, 2.24) is 5.32 Å². The Labute approximate surface area is 155 Å². The molecule has 2 rings (SSSR count). The molecule has 0 spiro atoms. The Morgan fingerprint density at radius 2 is 2.08 bits per heavy atom. The van der Waals surface area contributed by atoms with Crippen LogP contribution in [0.3, 0.4) is 0 Å². The van der Waals surface area contributed by atoms with Gasteiger partial charge in [-0.2, -0.15) is 5.26 Å². The number of nitriles is 1. The number of halogens is 1. The normalized spacial score (nSPS) is 9.96. The van der Waals surface area contributed by atoms with Gasteiger partial charge in [0.05, 0.1) is 17.5 Å². The van der Waals surface area contributed by atoms with Crippen molar-refractivity contribution in [3.05, 3.63) is 58.1 Å². The summed E-state index contributed by atoms with van der Waals surface area (Å²) in [6.07, 6.45) is 0.269. The fraction of sp³-hybridized carbons (Fsp3) is 0.263. The van der Waals surface area contributed by atoms with E-state index in [0.29, 0.717) is 18.9 Å². The maximum Gasteiger partial charge on any atom is 0.223 e. The number of nitrogens with zero attached hydrogens (tertiary/aromatic N) is 1. The first-order chi connectivity index (χ1) is 12.1. The number of rotatable bonds is 8. The van der Waals surface area contributed by atoms with E-state index in [1.165, 1.54) is 0 Å². The number of amides is 1. The van der Waals surface area contributed by atoms with Crippen LogP contribution in [0.25, 0.3) is 0 Å². The monoisotopic (exact) mass is 402 g/mol. The molecule has 0 fully saturated rings. The summed E-state index contributed by atoms with van der Waals surface area (Å²) in [5.74, 6) is 1.24. The number of carbonyl (C=O) groups is 1. The van der Waals surface area contributed by atoms with Gasteiger partial charge in [0.15, 0.2) is 6.61 Å². The average Bonchev–Trinajstić information content (AvgIpc) is 2.60. The fourth-order valence-electron chi connectivity index (χ4n) is 2.13. The highest BCUT2D eigenvalue weighted by Gasteiger charge is 2.05. The van der Waals surface area contributed by atoms with Crippen molar-refractivity contribution in [3.63, 3.8) is 0 Å². The first kappa shape index (κ1) is 18.8. The van der Waals surface area contributed by atoms with Crippen molar-refractivity contribution < 1.29 is 14.3 Å². The molecule has 1 amide bonds. The smallest absolute Gasteiger partial charge is 0.223 e. The summed E-state index contributed by atoms with van der Waals surface area (Å²) < 4.78 is 11.7. The summed E-state index contributed by atoms with van der Waals surface area (Å²) >= 11 is 3.44. The molecule has 6 heteroatoms. The van der Waals surface area contributed by atoms with Gasteiger partial charge in [-0.1, -0.05) is 18.2 Å². The van der Waals surface area contributed by atoms with Gasteiger partial charge >= 0.3 is 0 Å². The lowest BCUT2D eigenvalue weighted by Crippen LogP contribution is -2.24. The predicted octanol–water partition coefficient (Wildman–Crippen LogP) is 3.75. The van der Waals surface area contributed by atoms with Crippen LogP contribution in [0.1, 0.15) is 17.5 Å². The largest absolute Gasteiger partial charge is 0.492 e. The minimum absolute atomic E-state index is 0.00171. The fourth-order valence-corrected chi connectivity index (χ4v) is 2.73. The molecule has 0 radical (unpaired) electrons. The van der Waals surface area contributed by atoms with Crippen LogP contribution in [0.15, 0.2) is 46.9 Å². The topological polar surface area (TPSA) is 71.3 Å². The number of hydrogen-bond acceptors (Lipinski definition) is 4. The maximum absolute atomic E-state index is 11.9. The van der Waals surface area contributed by atoms with Gasteiger partial charge in [0, 0.05) is 6.54 Å². The molecule has 0 atom stereocenters. The third-order valence-corrected chi connectivity index (χ3v) is 3.99. The number of carbonyl (C=O) groups excluding carboxylic acids is 1. The van der Waals surface area contributed by atoms with E-state index >= 15 is 0 Å². The molecule has 1 N–H and O–H groups in total. The average molecular weight is 403 g/mol. The van der Waals surface area contributed by atoms with Crippen molar-refractivity contribution in [1.29, 1.82) is 5.26 Å². The van der Waals surface area contributed by atoms with E-state index in [0.717, 1.165) is 21.3 Å². The second kappa shape index (κ2) is 9.70. The summed E-state index contributed by atoms with van der Waals surface area (Å²) in [6, 6.07) is 15.0. The summed E-state index contributed by atoms with van der Waals surface area (Å²) in [5.41, 5.74) is 2.05. The Kier molecular flexibility index (Phi) is 7.30. The summed E-state index contributed by atoms with van der Waals surface area (Å²) in [6.45, 7) is 2.71. The minimum Gasteiger partial charge on any atom is -0.492 e. The van der Waals surface area contributed by atoms with E-state index in [2.05, 4.69) is 21.2 Å². The van der Waals surface area contributed by atoms with Gasteiger partial charge in [0.1, 0.15) is 17.6 Å². The van der Waals surface area contributed by atoms with E-state index in [1.807, 2.05) is 43.3 Å². The number of benzene rings is 2. The number of hydrogen-bond donors (Lipinski definition) is 1. The van der Waals surface area contributed by atoms with Crippen LogP contribution in [0, 0.1) is 18.3 Å². The second-order valence-corrected chi connectivity index (χ2v) is 6.26. The maximum atomic E-state index is 11.9. The highest BCUT2D eigenvalue weighted by molar-refractivity contribution is 9.10. The molecule has 2 aromatic carbocycles. The zero-order chi connectivity index (χ0) is 18.1. The zero-order valence-corrected chi connectivity index (χ0v) is 15.5. The van der Waals surface area contributed by atoms with E-state index in [-0.39, 0.29) is 18.9 Å². The molecule has 0 aromatic heterocycles. The highest BCUT2D eigenvalue weighted by Crippen LogP contribution is 2.25. The molecule has 0 unspecified atom stereocenters. The molecule has 0 bridgehead atoms. The van der Waals surface area contributed by atoms with E-state index < -0.39 is 0 Å². The van der Waals surface area contributed by atoms with E-state index in [4.69, 9.17) is 14.7 Å². The molecular formula is C19H19BrN2O3. The molecule has 130 valence electrons. The zero-order valence-electron chi connectivity index (χ0n) is 13.9. The van der Waals surface area contributed by atoms with Gasteiger partial charge in [0.2, 0.25) is 5.91 Å². The van der Waals surface area contributed by atoms with Crippen LogP contribution >= 0.6 is 15.9 Å². The Morgan fingerprint density at radius 1 is 1.24 bits per heavy atom. The Morgan fingerprint density at radius 3 is 2.84 bits per heavy atom. The lowest BCUT2D eigenvalue weighted by Gasteiger charge is -2.10. The number of ether oxygens (including phenoxy) is 2. The van der Waals surface area contributed by atoms with Crippen LogP contribution in [0.2, 0.25) is 0 Å². The molecule has 25 heavy (non-hydrogen) atoms. The second-order valence-electron chi connectivity index (χ2n) is 5.40. The van der Waals surface area contributed by atoms with E-state index in [1.54, 1.807) is 12.1 Å². The molecule has 0 aliphatic rings. The first-order valence-electron chi connectivity index (χ1n) is 7.83. The lowest BCUT2D eigenvalue weighted by atomic mass is 10.2. The summed E-state index contributed by atoms with van der Waals surface area (Å²) in [4.78, 5) is 11.9. The molecule has 5 nitrogen and oxygen atoms in total. The van der Waals surface area contributed by atoms with Crippen LogP contribution in [-0.2, 0) is 11.3 Å². The Bertz CT molecular complexity index is 772. The third-order valence-electron chi connectivity index (χ3n) is 3.37. The van der Waals surface area contributed by atoms with Crippen LogP contribution in [-0.4, -0.2) is 19.1 Å². The molecule has 0 saturated heterocycles. The minimum atomic E-state index is -0.0911. The lowest BCUT2D eigenvalue weighted by molar-refractivity contribution is -0.121. The number of aryl methyl sites for hydroxylation is 1. The predicted molar refractivity (Wildman–Crippen MR) is 98.4 cm³/mol. The molecule has 0 aliphatic carbocycles. The molecule has 0 aliphatic heterocycles.